The number of carbonyl (C=O) groups excluding carboxylic acids is 1. The van der Waals surface area contributed by atoms with Crippen LogP contribution in [0, 0.1) is 0 Å². The number of rotatable bonds is 6. The molecule has 0 spiro atoms. The minimum atomic E-state index is -0.315. The predicted molar refractivity (Wildman–Crippen MR) is 63.1 cm³/mol. The van der Waals surface area contributed by atoms with Gasteiger partial charge in [-0.1, -0.05) is 0 Å². The maximum Gasteiger partial charge on any atom is 0.409 e. The van der Waals surface area contributed by atoms with Crippen molar-refractivity contribution in [3.05, 3.63) is 0 Å². The molecule has 0 bridgehead atoms. The normalized spacial score (nSPS) is 23.7. The maximum absolute atomic E-state index is 11.5. The highest BCUT2D eigenvalue weighted by Gasteiger charge is 2.25. The summed E-state index contributed by atoms with van der Waals surface area (Å²) in [7, 11) is 4.99. The molecule has 2 atom stereocenters. The molecule has 1 fully saturated rings. The Labute approximate surface area is 102 Å². The number of amides is 1. The van der Waals surface area contributed by atoms with Crippen molar-refractivity contribution in [3.8, 4) is 0 Å². The summed E-state index contributed by atoms with van der Waals surface area (Å²) in [5.74, 6) is 0. The Hall–Kier alpha value is -0.850. The Morgan fingerprint density at radius 2 is 2.24 bits per heavy atom. The van der Waals surface area contributed by atoms with Gasteiger partial charge in [0.25, 0.3) is 0 Å². The number of likely N-dealkylation sites (N-methyl/N-ethyl adjacent to an activating group) is 1. The second-order valence-corrected chi connectivity index (χ2v) is 4.19. The standard InChI is InChI=1S/C11H22N2O4/c1-13(4-5-15-2)11(14)17-8-9-6-10(16-3)7-12-9/h9-10,12H,4-8H2,1-3H3. The highest BCUT2D eigenvalue weighted by atomic mass is 16.6. The average Bonchev–Trinajstić information content (AvgIpc) is 2.80. The van der Waals surface area contributed by atoms with E-state index in [0.717, 1.165) is 13.0 Å². The fourth-order valence-electron chi connectivity index (χ4n) is 1.69. The van der Waals surface area contributed by atoms with Crippen LogP contribution in [0.25, 0.3) is 0 Å². The van der Waals surface area contributed by atoms with Crippen molar-refractivity contribution in [2.45, 2.75) is 18.6 Å². The van der Waals surface area contributed by atoms with Crippen molar-refractivity contribution in [2.24, 2.45) is 0 Å². The summed E-state index contributed by atoms with van der Waals surface area (Å²) in [6.07, 6.45) is 0.792. The van der Waals surface area contributed by atoms with Crippen molar-refractivity contribution in [2.75, 3.05) is 47.6 Å². The maximum atomic E-state index is 11.5. The lowest BCUT2D eigenvalue weighted by Gasteiger charge is -2.18. The van der Waals surface area contributed by atoms with Crippen LogP contribution in [0.3, 0.4) is 0 Å². The van der Waals surface area contributed by atoms with Gasteiger partial charge in [0.15, 0.2) is 0 Å². The number of ether oxygens (including phenoxy) is 3. The first kappa shape index (κ1) is 14.2. The van der Waals surface area contributed by atoms with E-state index in [-0.39, 0.29) is 18.2 Å². The molecule has 0 aromatic heterocycles. The van der Waals surface area contributed by atoms with Crippen LogP contribution in [0.5, 0.6) is 0 Å². The topological polar surface area (TPSA) is 60.0 Å². The predicted octanol–water partition coefficient (Wildman–Crippen LogP) is 0.0781. The van der Waals surface area contributed by atoms with E-state index in [2.05, 4.69) is 5.32 Å². The third-order valence-electron chi connectivity index (χ3n) is 2.87. The summed E-state index contributed by atoms with van der Waals surface area (Å²) in [5.41, 5.74) is 0. The molecule has 0 aliphatic carbocycles. The Kier molecular flexibility index (Phi) is 6.25. The largest absolute Gasteiger partial charge is 0.448 e. The molecule has 17 heavy (non-hydrogen) atoms. The summed E-state index contributed by atoms with van der Waals surface area (Å²) < 4.78 is 15.3. The molecule has 1 aliphatic rings. The first-order valence-electron chi connectivity index (χ1n) is 5.80. The molecule has 0 radical (unpaired) electrons. The lowest BCUT2D eigenvalue weighted by Crippen LogP contribution is -2.34. The van der Waals surface area contributed by atoms with Crippen molar-refractivity contribution < 1.29 is 19.0 Å². The fourth-order valence-corrected chi connectivity index (χ4v) is 1.69. The van der Waals surface area contributed by atoms with E-state index in [0.29, 0.717) is 19.8 Å². The smallest absolute Gasteiger partial charge is 0.409 e. The van der Waals surface area contributed by atoms with E-state index in [1.165, 1.54) is 4.90 Å². The van der Waals surface area contributed by atoms with E-state index in [1.54, 1.807) is 21.3 Å². The molecule has 2 unspecified atom stereocenters. The van der Waals surface area contributed by atoms with Crippen LogP contribution < -0.4 is 5.32 Å². The zero-order valence-electron chi connectivity index (χ0n) is 10.8. The summed E-state index contributed by atoms with van der Waals surface area (Å²) in [6.45, 7) is 2.25. The molecule has 0 aromatic rings. The first-order chi connectivity index (χ1) is 8.17. The summed E-state index contributed by atoms with van der Waals surface area (Å²) >= 11 is 0. The van der Waals surface area contributed by atoms with Gasteiger partial charge in [0.1, 0.15) is 6.61 Å². The van der Waals surface area contributed by atoms with Crippen molar-refractivity contribution in [3.63, 3.8) is 0 Å². The van der Waals surface area contributed by atoms with Crippen LogP contribution >= 0.6 is 0 Å². The van der Waals surface area contributed by atoms with Crippen LogP contribution in [0.2, 0.25) is 0 Å². The first-order valence-corrected chi connectivity index (χ1v) is 5.80. The second kappa shape index (κ2) is 7.47. The Balaban J connectivity index is 2.15. The van der Waals surface area contributed by atoms with Gasteiger partial charge in [0.2, 0.25) is 0 Å². The van der Waals surface area contributed by atoms with Crippen LogP contribution in [-0.4, -0.2) is 70.7 Å². The molecule has 0 aromatic carbocycles. The zero-order valence-corrected chi connectivity index (χ0v) is 10.8. The van der Waals surface area contributed by atoms with Crippen LogP contribution in [0.1, 0.15) is 6.42 Å². The molecule has 6 heteroatoms. The third-order valence-corrected chi connectivity index (χ3v) is 2.87. The lowest BCUT2D eigenvalue weighted by atomic mass is 10.2. The van der Waals surface area contributed by atoms with Gasteiger partial charge < -0.3 is 24.4 Å². The highest BCUT2D eigenvalue weighted by Crippen LogP contribution is 2.09. The van der Waals surface area contributed by atoms with Gasteiger partial charge in [-0.3, -0.25) is 0 Å². The van der Waals surface area contributed by atoms with E-state index in [4.69, 9.17) is 14.2 Å². The average molecular weight is 246 g/mol. The summed E-state index contributed by atoms with van der Waals surface area (Å²) in [5, 5.41) is 3.25. The van der Waals surface area contributed by atoms with Gasteiger partial charge >= 0.3 is 6.09 Å². The van der Waals surface area contributed by atoms with E-state index in [1.807, 2.05) is 0 Å². The quantitative estimate of drug-likeness (QED) is 0.719. The Morgan fingerprint density at radius 1 is 1.47 bits per heavy atom. The molecule has 0 saturated carbocycles. The number of carbonyl (C=O) groups is 1. The van der Waals surface area contributed by atoms with Crippen molar-refractivity contribution in [1.29, 1.82) is 0 Å². The van der Waals surface area contributed by atoms with Crippen molar-refractivity contribution in [1.82, 2.24) is 10.2 Å². The number of nitrogens with one attached hydrogen (secondary N) is 1. The van der Waals surface area contributed by atoms with Gasteiger partial charge in [0, 0.05) is 40.4 Å². The monoisotopic (exact) mass is 246 g/mol. The number of hydrogen-bond donors (Lipinski definition) is 1. The zero-order chi connectivity index (χ0) is 12.7. The number of hydrogen-bond acceptors (Lipinski definition) is 5. The highest BCUT2D eigenvalue weighted by molar-refractivity contribution is 5.67. The van der Waals surface area contributed by atoms with Gasteiger partial charge in [-0.05, 0) is 6.42 Å². The van der Waals surface area contributed by atoms with Crippen LogP contribution in [0.4, 0.5) is 4.79 Å². The fraction of sp³-hybridized carbons (Fsp3) is 0.909. The Morgan fingerprint density at radius 3 is 2.82 bits per heavy atom. The van der Waals surface area contributed by atoms with Gasteiger partial charge in [-0.2, -0.15) is 0 Å². The SMILES string of the molecule is COCCN(C)C(=O)OCC1CC(OC)CN1. The second-order valence-electron chi connectivity index (χ2n) is 4.19. The van der Waals surface area contributed by atoms with Gasteiger partial charge in [0.05, 0.1) is 12.7 Å². The molecule has 1 N–H and O–H groups in total. The third kappa shape index (κ3) is 4.89. The van der Waals surface area contributed by atoms with E-state index < -0.39 is 0 Å². The molecule has 1 aliphatic heterocycles. The molecule has 1 saturated heterocycles. The van der Waals surface area contributed by atoms with Gasteiger partial charge in [-0.15, -0.1) is 0 Å². The molecular weight excluding hydrogens is 224 g/mol. The molecule has 6 nitrogen and oxygen atoms in total. The van der Waals surface area contributed by atoms with Gasteiger partial charge in [-0.25, -0.2) is 4.79 Å². The molecule has 1 heterocycles. The minimum Gasteiger partial charge on any atom is -0.448 e. The van der Waals surface area contributed by atoms with E-state index >= 15 is 0 Å². The summed E-state index contributed by atoms with van der Waals surface area (Å²) in [6, 6.07) is 0.194. The molecule has 1 amide bonds. The van der Waals surface area contributed by atoms with Crippen LogP contribution in [-0.2, 0) is 14.2 Å². The Bertz CT molecular complexity index is 238. The number of nitrogens with zero attached hydrogens (tertiary/aromatic N) is 1. The van der Waals surface area contributed by atoms with Crippen LogP contribution in [0.15, 0.2) is 0 Å². The molecule has 1 rings (SSSR count). The lowest BCUT2D eigenvalue weighted by molar-refractivity contribution is 0.0857. The summed E-state index contributed by atoms with van der Waals surface area (Å²) in [4.78, 5) is 13.1. The van der Waals surface area contributed by atoms with Crippen molar-refractivity contribution >= 4 is 6.09 Å². The minimum absolute atomic E-state index is 0.194. The van der Waals surface area contributed by atoms with E-state index in [9.17, 15) is 4.79 Å². The molecular formula is C11H22N2O4. The number of methoxy groups -OCH3 is 2. The molecule has 100 valence electrons.